The molecule has 0 amide bonds. The lowest BCUT2D eigenvalue weighted by molar-refractivity contribution is -0.660. The molecule has 0 aliphatic carbocycles. The van der Waals surface area contributed by atoms with E-state index in [2.05, 4.69) is 25.1 Å². The van der Waals surface area contributed by atoms with E-state index in [1.165, 1.54) is 0 Å². The Morgan fingerprint density at radius 2 is 1.58 bits per heavy atom. The van der Waals surface area contributed by atoms with E-state index in [-0.39, 0.29) is 12.8 Å². The summed E-state index contributed by atoms with van der Waals surface area (Å²) in [4.78, 5) is 0. The number of rotatable bonds is 4. The molecule has 0 bridgehead atoms. The van der Waals surface area contributed by atoms with Gasteiger partial charge in [-0.05, 0) is 53.6 Å². The second-order valence-corrected chi connectivity index (χ2v) is 6.12. The highest BCUT2D eigenvalue weighted by molar-refractivity contribution is 5.71. The largest absolute Gasteiger partial charge is 0.213 e. The molecule has 1 aromatic heterocycles. The molecular weight excluding hydrogens is 290 g/mol. The van der Waals surface area contributed by atoms with Gasteiger partial charge in [-0.15, -0.1) is 0 Å². The fraction of sp³-hybridized carbons (Fsp3) is 0.261. The first-order valence-electron chi connectivity index (χ1n) is 11.1. The molecule has 24 heavy (non-hydrogen) atoms. The Kier molecular flexibility index (Phi) is 3.05. The first kappa shape index (κ1) is 10.5. The van der Waals surface area contributed by atoms with E-state index in [4.69, 9.17) is 8.22 Å². The summed E-state index contributed by atoms with van der Waals surface area (Å²) in [7, 11) is 1.98. The number of aromatic nitrogens is 1. The molecule has 1 heteroatoms. The van der Waals surface area contributed by atoms with Gasteiger partial charge in [-0.1, -0.05) is 50.1 Å². The molecular formula is C23H26N+. The second kappa shape index (κ2) is 7.00. The Balaban J connectivity index is 2.12. The highest BCUT2D eigenvalue weighted by Gasteiger charge is 2.14. The van der Waals surface area contributed by atoms with E-state index in [0.717, 1.165) is 27.9 Å². The fourth-order valence-electron chi connectivity index (χ4n) is 3.01. The average Bonchev–Trinajstić information content (AvgIpc) is 2.59. The maximum atomic E-state index is 7.61. The van der Waals surface area contributed by atoms with Crippen molar-refractivity contribution >= 4 is 0 Å². The van der Waals surface area contributed by atoms with Crippen LogP contribution in [0.4, 0.5) is 0 Å². The normalized spacial score (nSPS) is 15.6. The average molecular weight is 323 g/mol. The summed E-state index contributed by atoms with van der Waals surface area (Å²) in [6.45, 7) is -2.18. The van der Waals surface area contributed by atoms with Crippen molar-refractivity contribution in [3.05, 3.63) is 77.5 Å². The van der Waals surface area contributed by atoms with Crippen molar-refractivity contribution < 1.29 is 12.8 Å². The lowest BCUT2D eigenvalue weighted by atomic mass is 9.96. The van der Waals surface area contributed by atoms with E-state index < -0.39 is 13.7 Å². The third-order valence-electron chi connectivity index (χ3n) is 4.37. The van der Waals surface area contributed by atoms with E-state index in [0.29, 0.717) is 11.1 Å². The molecule has 0 spiro atoms. The molecule has 0 aliphatic heterocycles. The van der Waals surface area contributed by atoms with Gasteiger partial charge in [-0.25, -0.2) is 4.57 Å². The molecule has 122 valence electrons. The summed E-state index contributed by atoms with van der Waals surface area (Å²) in [6.07, 6.45) is 1.77. The van der Waals surface area contributed by atoms with Crippen LogP contribution in [0.5, 0.6) is 0 Å². The van der Waals surface area contributed by atoms with Gasteiger partial charge < -0.3 is 0 Å². The van der Waals surface area contributed by atoms with Crippen LogP contribution in [-0.2, 0) is 19.9 Å². The minimum Gasteiger partial charge on any atom is -0.201 e. The van der Waals surface area contributed by atoms with Gasteiger partial charge in [-0.2, -0.15) is 0 Å². The maximum Gasteiger partial charge on any atom is 0.213 e. The molecule has 0 saturated heterocycles. The van der Waals surface area contributed by atoms with Crippen molar-refractivity contribution in [2.75, 3.05) is 0 Å². The Labute approximate surface area is 154 Å². The van der Waals surface area contributed by atoms with Crippen LogP contribution >= 0.6 is 0 Å². The topological polar surface area (TPSA) is 3.88 Å². The Morgan fingerprint density at radius 3 is 2.25 bits per heavy atom. The van der Waals surface area contributed by atoms with Crippen LogP contribution < -0.4 is 4.57 Å². The number of nitrogens with zero attached hydrogens (tertiary/aromatic N) is 1. The van der Waals surface area contributed by atoms with Gasteiger partial charge in [0.05, 0.1) is 0 Å². The van der Waals surface area contributed by atoms with E-state index in [9.17, 15) is 0 Å². The van der Waals surface area contributed by atoms with Crippen LogP contribution in [-0.4, -0.2) is 0 Å². The van der Waals surface area contributed by atoms with Crippen LogP contribution in [0.15, 0.2) is 60.8 Å². The molecule has 0 atom stereocenters. The van der Waals surface area contributed by atoms with Gasteiger partial charge in [-0.3, -0.25) is 0 Å². The standard InChI is InChI=1S/C23H26N/c1-5-18-13-19(6-2)15-21(14-18)20-11-12-24(4)23(16-20)22-10-8-7-9-17(22)3/h7-16H,5-6H2,1-4H3/q+1/i1D3,2D3. The summed E-state index contributed by atoms with van der Waals surface area (Å²) in [5, 5.41) is 0. The number of pyridine rings is 1. The molecule has 0 radical (unpaired) electrons. The van der Waals surface area contributed by atoms with Crippen molar-refractivity contribution in [2.24, 2.45) is 7.05 Å². The highest BCUT2D eigenvalue weighted by atomic mass is 14.9. The molecule has 3 aromatic rings. The van der Waals surface area contributed by atoms with Gasteiger partial charge in [0.2, 0.25) is 5.69 Å². The van der Waals surface area contributed by atoms with E-state index >= 15 is 0 Å². The summed E-state index contributed by atoms with van der Waals surface area (Å²) in [6, 6.07) is 17.6. The molecule has 3 rings (SSSR count). The molecule has 0 unspecified atom stereocenters. The van der Waals surface area contributed by atoms with Crippen LogP contribution in [0.2, 0.25) is 0 Å². The molecule has 0 N–H and O–H groups in total. The zero-order valence-electron chi connectivity index (χ0n) is 20.1. The first-order chi connectivity index (χ1) is 13.9. The summed E-state index contributed by atoms with van der Waals surface area (Å²) >= 11 is 0. The molecule has 0 fully saturated rings. The van der Waals surface area contributed by atoms with Gasteiger partial charge in [0, 0.05) is 25.9 Å². The summed E-state index contributed by atoms with van der Waals surface area (Å²) in [5.74, 6) is 0. The third kappa shape index (κ3) is 3.26. The van der Waals surface area contributed by atoms with Gasteiger partial charge in [0.1, 0.15) is 7.05 Å². The smallest absolute Gasteiger partial charge is 0.201 e. The molecule has 0 aliphatic rings. The van der Waals surface area contributed by atoms with E-state index in [1.807, 2.05) is 48.1 Å². The molecule has 2 aromatic carbocycles. The SMILES string of the molecule is [2H]C([2H])([2H])Cc1cc(CC([2H])([2H])[2H])cc(-c2cc[n+](C)c(-c3ccccc3C)c2)c1. The van der Waals surface area contributed by atoms with Crippen LogP contribution in [0.1, 0.15) is 38.6 Å². The Bertz CT molecular complexity index is 1020. The number of hydrogen-bond donors (Lipinski definition) is 0. The highest BCUT2D eigenvalue weighted by Crippen LogP contribution is 2.27. The van der Waals surface area contributed by atoms with Crippen LogP contribution in [0.25, 0.3) is 22.4 Å². The Morgan fingerprint density at radius 1 is 0.875 bits per heavy atom. The van der Waals surface area contributed by atoms with Crippen molar-refractivity contribution in [3.8, 4) is 22.4 Å². The van der Waals surface area contributed by atoms with Crippen LogP contribution in [0, 0.1) is 6.92 Å². The number of benzene rings is 2. The van der Waals surface area contributed by atoms with Gasteiger partial charge in [0.15, 0.2) is 6.20 Å². The fourth-order valence-corrected chi connectivity index (χ4v) is 3.01. The summed E-state index contributed by atoms with van der Waals surface area (Å²) < 4.78 is 47.7. The molecule has 0 saturated carbocycles. The van der Waals surface area contributed by atoms with E-state index in [1.54, 1.807) is 6.07 Å². The Hall–Kier alpha value is -2.41. The first-order valence-corrected chi connectivity index (χ1v) is 8.10. The van der Waals surface area contributed by atoms with Crippen LogP contribution in [0.3, 0.4) is 0 Å². The van der Waals surface area contributed by atoms with Crippen molar-refractivity contribution in [1.82, 2.24) is 0 Å². The number of aryl methyl sites for hydroxylation is 4. The molecule has 1 heterocycles. The second-order valence-electron chi connectivity index (χ2n) is 6.12. The lowest BCUT2D eigenvalue weighted by Crippen LogP contribution is -2.30. The minimum atomic E-state index is -2.12. The van der Waals surface area contributed by atoms with Crippen molar-refractivity contribution in [3.63, 3.8) is 0 Å². The monoisotopic (exact) mass is 322 g/mol. The number of hydrogen-bond acceptors (Lipinski definition) is 0. The zero-order valence-corrected chi connectivity index (χ0v) is 14.1. The van der Waals surface area contributed by atoms with Gasteiger partial charge in [0.25, 0.3) is 0 Å². The third-order valence-corrected chi connectivity index (χ3v) is 4.37. The van der Waals surface area contributed by atoms with Gasteiger partial charge >= 0.3 is 0 Å². The summed E-state index contributed by atoms with van der Waals surface area (Å²) in [5.41, 5.74) is 6.30. The quantitative estimate of drug-likeness (QED) is 0.575. The predicted molar refractivity (Wildman–Crippen MR) is 102 cm³/mol. The van der Waals surface area contributed by atoms with Crippen molar-refractivity contribution in [1.29, 1.82) is 0 Å². The maximum absolute atomic E-state index is 7.61. The lowest BCUT2D eigenvalue weighted by Gasteiger charge is -2.10. The minimum absolute atomic E-state index is 0.0971. The molecule has 1 nitrogen and oxygen atoms in total. The predicted octanol–water partition coefficient (Wildman–Crippen LogP) is 5.28. The zero-order chi connectivity index (χ0) is 22.1. The van der Waals surface area contributed by atoms with Crippen molar-refractivity contribution in [2.45, 2.75) is 33.5 Å².